The lowest BCUT2D eigenvalue weighted by Gasteiger charge is -2.20. The normalized spacial score (nSPS) is 10.6. The average Bonchev–Trinajstić information content (AvgIpc) is 2.41. The summed E-state index contributed by atoms with van der Waals surface area (Å²) in [5, 5.41) is 6.93. The van der Waals surface area contributed by atoms with Gasteiger partial charge in [-0.1, -0.05) is 24.6 Å². The minimum atomic E-state index is 0.0377. The molecule has 0 aliphatic heterocycles. The topological polar surface area (TPSA) is 44.4 Å². The van der Waals surface area contributed by atoms with Crippen LogP contribution in [-0.2, 0) is 4.79 Å². The third-order valence-corrected chi connectivity index (χ3v) is 3.29. The Hall–Kier alpha value is -1.26. The Balaban J connectivity index is 2.19. The maximum Gasteiger partial charge on any atom is 0.216 e. The molecule has 0 radical (unpaired) electrons. The lowest BCUT2D eigenvalue weighted by atomic mass is 10.3. The van der Waals surface area contributed by atoms with E-state index >= 15 is 0 Å². The summed E-state index contributed by atoms with van der Waals surface area (Å²) in [7, 11) is 0. The number of hydrogen-bond acceptors (Lipinski definition) is 3. The Bertz CT molecular complexity index is 412. The number of hydrogen-bond donors (Lipinski definition) is 2. The van der Waals surface area contributed by atoms with Gasteiger partial charge in [-0.2, -0.15) is 0 Å². The van der Waals surface area contributed by atoms with E-state index in [0.717, 1.165) is 49.9 Å². The second kappa shape index (κ2) is 9.61. The largest absolute Gasteiger partial charge is 0.384 e. The Morgan fingerprint density at radius 2 is 2.10 bits per heavy atom. The first kappa shape index (κ1) is 16.8. The summed E-state index contributed by atoms with van der Waals surface area (Å²) in [5.41, 5.74) is 1.05. The fraction of sp³-hybridized carbons (Fsp3) is 0.533. The maximum absolute atomic E-state index is 10.8. The minimum absolute atomic E-state index is 0.0377. The number of nitrogens with one attached hydrogen (secondary N) is 2. The highest BCUT2D eigenvalue weighted by Gasteiger charge is 2.02. The number of carbonyl (C=O) groups is 1. The van der Waals surface area contributed by atoms with Crippen LogP contribution in [-0.4, -0.2) is 43.5 Å². The predicted molar refractivity (Wildman–Crippen MR) is 85.4 cm³/mol. The van der Waals surface area contributed by atoms with Crippen LogP contribution in [0, 0.1) is 0 Å². The maximum atomic E-state index is 10.8. The van der Waals surface area contributed by atoms with Gasteiger partial charge < -0.3 is 15.5 Å². The third-order valence-electron chi connectivity index (χ3n) is 3.05. The number of likely N-dealkylation sites (N-methyl/N-ethyl adjacent to an activating group) is 1. The molecule has 0 aliphatic rings. The standard InChI is InChI=1S/C15H24ClN3O/c1-3-19(10-5-8-17-13(2)20)11-9-18-15-7-4-6-14(16)12-15/h4,6-7,12,18H,3,5,8-11H2,1-2H3,(H,17,20). The van der Waals surface area contributed by atoms with Crippen molar-refractivity contribution in [2.24, 2.45) is 0 Å². The molecule has 0 heterocycles. The van der Waals surface area contributed by atoms with Crippen molar-refractivity contribution < 1.29 is 4.79 Å². The highest BCUT2D eigenvalue weighted by molar-refractivity contribution is 6.30. The van der Waals surface area contributed by atoms with Gasteiger partial charge in [-0.3, -0.25) is 4.79 Å². The van der Waals surface area contributed by atoms with E-state index in [1.165, 1.54) is 0 Å². The van der Waals surface area contributed by atoms with Gasteiger partial charge in [0.2, 0.25) is 5.91 Å². The van der Waals surface area contributed by atoms with Crippen LogP contribution in [0.15, 0.2) is 24.3 Å². The number of anilines is 1. The smallest absolute Gasteiger partial charge is 0.216 e. The van der Waals surface area contributed by atoms with Crippen molar-refractivity contribution in [2.75, 3.05) is 38.0 Å². The third kappa shape index (κ3) is 7.36. The highest BCUT2D eigenvalue weighted by atomic mass is 35.5. The second-order valence-electron chi connectivity index (χ2n) is 4.71. The number of halogens is 1. The van der Waals surface area contributed by atoms with Crippen LogP contribution in [0.1, 0.15) is 20.3 Å². The highest BCUT2D eigenvalue weighted by Crippen LogP contribution is 2.14. The summed E-state index contributed by atoms with van der Waals surface area (Å²) in [4.78, 5) is 13.1. The summed E-state index contributed by atoms with van der Waals surface area (Å²) in [5.74, 6) is 0.0377. The summed E-state index contributed by atoms with van der Waals surface area (Å²) in [6, 6.07) is 7.75. The van der Waals surface area contributed by atoms with Gasteiger partial charge in [-0.05, 0) is 37.7 Å². The Morgan fingerprint density at radius 1 is 1.30 bits per heavy atom. The van der Waals surface area contributed by atoms with Gasteiger partial charge in [0.05, 0.1) is 0 Å². The zero-order chi connectivity index (χ0) is 14.8. The van der Waals surface area contributed by atoms with Gasteiger partial charge in [-0.25, -0.2) is 0 Å². The van der Waals surface area contributed by atoms with Crippen molar-refractivity contribution in [1.29, 1.82) is 0 Å². The van der Waals surface area contributed by atoms with Crippen LogP contribution in [0.4, 0.5) is 5.69 Å². The first-order chi connectivity index (χ1) is 9.61. The van der Waals surface area contributed by atoms with Crippen molar-refractivity contribution in [3.8, 4) is 0 Å². The minimum Gasteiger partial charge on any atom is -0.384 e. The molecule has 1 aromatic carbocycles. The summed E-state index contributed by atoms with van der Waals surface area (Å²) in [6.07, 6.45) is 0.977. The van der Waals surface area contributed by atoms with E-state index < -0.39 is 0 Å². The first-order valence-electron chi connectivity index (χ1n) is 7.08. The van der Waals surface area contributed by atoms with Crippen molar-refractivity contribution in [1.82, 2.24) is 10.2 Å². The van der Waals surface area contributed by atoms with E-state index in [1.54, 1.807) is 6.92 Å². The van der Waals surface area contributed by atoms with Crippen molar-refractivity contribution in [3.63, 3.8) is 0 Å². The Labute approximate surface area is 126 Å². The molecule has 1 aromatic rings. The van der Waals surface area contributed by atoms with Crippen LogP contribution >= 0.6 is 11.6 Å². The molecule has 0 atom stereocenters. The lowest BCUT2D eigenvalue weighted by Crippen LogP contribution is -2.32. The zero-order valence-corrected chi connectivity index (χ0v) is 13.0. The molecule has 20 heavy (non-hydrogen) atoms. The van der Waals surface area contributed by atoms with Crippen LogP contribution < -0.4 is 10.6 Å². The molecule has 1 rings (SSSR count). The molecule has 0 unspecified atom stereocenters. The molecule has 0 saturated heterocycles. The molecular formula is C15H24ClN3O. The fourth-order valence-corrected chi connectivity index (χ4v) is 2.14. The molecule has 0 fully saturated rings. The van der Waals surface area contributed by atoms with Crippen LogP contribution in [0.3, 0.4) is 0 Å². The molecule has 1 amide bonds. The number of carbonyl (C=O) groups excluding carboxylic acids is 1. The molecule has 0 spiro atoms. The molecule has 0 saturated carbocycles. The van der Waals surface area contributed by atoms with Crippen LogP contribution in [0.25, 0.3) is 0 Å². The van der Waals surface area contributed by atoms with Crippen molar-refractivity contribution in [2.45, 2.75) is 20.3 Å². The van der Waals surface area contributed by atoms with E-state index in [9.17, 15) is 4.79 Å². The molecule has 5 heteroatoms. The number of nitrogens with zero attached hydrogens (tertiary/aromatic N) is 1. The number of amides is 1. The number of benzene rings is 1. The van der Waals surface area contributed by atoms with Gasteiger partial charge in [0.25, 0.3) is 0 Å². The zero-order valence-electron chi connectivity index (χ0n) is 12.3. The van der Waals surface area contributed by atoms with Gasteiger partial charge in [0.1, 0.15) is 0 Å². The van der Waals surface area contributed by atoms with Crippen LogP contribution in [0.2, 0.25) is 5.02 Å². The van der Waals surface area contributed by atoms with Gasteiger partial charge in [-0.15, -0.1) is 0 Å². The monoisotopic (exact) mass is 297 g/mol. The molecular weight excluding hydrogens is 274 g/mol. The SMILES string of the molecule is CCN(CCCNC(C)=O)CCNc1cccc(Cl)c1. The van der Waals surface area contributed by atoms with Crippen LogP contribution in [0.5, 0.6) is 0 Å². The lowest BCUT2D eigenvalue weighted by molar-refractivity contribution is -0.118. The van der Waals surface area contributed by atoms with Crippen molar-refractivity contribution in [3.05, 3.63) is 29.3 Å². The van der Waals surface area contributed by atoms with Gasteiger partial charge in [0.15, 0.2) is 0 Å². The van der Waals surface area contributed by atoms with E-state index in [4.69, 9.17) is 11.6 Å². The molecule has 0 aromatic heterocycles. The summed E-state index contributed by atoms with van der Waals surface area (Å²) >= 11 is 5.94. The average molecular weight is 298 g/mol. The first-order valence-corrected chi connectivity index (χ1v) is 7.46. The van der Waals surface area contributed by atoms with Crippen molar-refractivity contribution >= 4 is 23.2 Å². The van der Waals surface area contributed by atoms with Gasteiger partial charge >= 0.3 is 0 Å². The molecule has 2 N–H and O–H groups in total. The molecule has 0 bridgehead atoms. The Kier molecular flexibility index (Phi) is 8.07. The molecule has 112 valence electrons. The summed E-state index contributed by atoms with van der Waals surface area (Å²) < 4.78 is 0. The second-order valence-corrected chi connectivity index (χ2v) is 5.14. The van der Waals surface area contributed by atoms with E-state index in [2.05, 4.69) is 22.5 Å². The summed E-state index contributed by atoms with van der Waals surface area (Å²) in [6.45, 7) is 8.31. The van der Waals surface area contributed by atoms with E-state index in [1.807, 2.05) is 24.3 Å². The van der Waals surface area contributed by atoms with Gasteiger partial charge in [0, 0.05) is 37.3 Å². The Morgan fingerprint density at radius 3 is 2.75 bits per heavy atom. The van der Waals surface area contributed by atoms with E-state index in [0.29, 0.717) is 0 Å². The quantitative estimate of drug-likeness (QED) is 0.689. The molecule has 4 nitrogen and oxygen atoms in total. The fourth-order valence-electron chi connectivity index (χ4n) is 1.95. The number of rotatable bonds is 9. The predicted octanol–water partition coefficient (Wildman–Crippen LogP) is 2.60. The van der Waals surface area contributed by atoms with E-state index in [-0.39, 0.29) is 5.91 Å². The molecule has 0 aliphatic carbocycles.